The number of hydrogen-bond acceptors (Lipinski definition) is 4. The quantitative estimate of drug-likeness (QED) is 0.567. The molecule has 2 atom stereocenters. The summed E-state index contributed by atoms with van der Waals surface area (Å²) in [5.41, 5.74) is -0.209. The number of fused-ring (bicyclic) bond motifs is 2. The molecule has 0 aromatic heterocycles. The van der Waals surface area contributed by atoms with Gasteiger partial charge in [0.15, 0.2) is 5.82 Å². The second-order valence-corrected chi connectivity index (χ2v) is 10.7. The first-order valence-electron chi connectivity index (χ1n) is 10.8. The predicted octanol–water partition coefficient (Wildman–Crippen LogP) is 3.84. The third kappa shape index (κ3) is 4.70. The van der Waals surface area contributed by atoms with Crippen LogP contribution in [0.4, 0.5) is 28.9 Å². The number of nitrogens with zero attached hydrogens (tertiary/aromatic N) is 3. The molecule has 2 bridgehead atoms. The first-order valence-corrected chi connectivity index (χ1v) is 12.4. The van der Waals surface area contributed by atoms with Crippen LogP contribution in [0.2, 0.25) is 0 Å². The molecule has 2 aromatic rings. The fraction of sp³-hybridized carbons (Fsp3) is 0.435. The molecule has 11 heteroatoms. The van der Waals surface area contributed by atoms with Crippen LogP contribution in [0.15, 0.2) is 42.5 Å². The predicted molar refractivity (Wildman–Crippen MR) is 121 cm³/mol. The minimum atomic E-state index is -4.90. The summed E-state index contributed by atoms with van der Waals surface area (Å²) in [6.45, 7) is 1.54. The maximum absolute atomic E-state index is 15.5. The van der Waals surface area contributed by atoms with Crippen molar-refractivity contribution in [3.63, 3.8) is 0 Å². The molecule has 3 heterocycles. The molecule has 3 aliphatic rings. The number of hydrogen-bond donors (Lipinski definition) is 0. The number of piperidine rings is 1. The first-order chi connectivity index (χ1) is 15.9. The van der Waals surface area contributed by atoms with Crippen molar-refractivity contribution in [3.05, 3.63) is 59.4 Å². The van der Waals surface area contributed by atoms with Gasteiger partial charge < -0.3 is 9.80 Å². The van der Waals surface area contributed by atoms with Crippen LogP contribution < -0.4 is 9.21 Å². The molecule has 0 N–H and O–H groups in total. The highest BCUT2D eigenvalue weighted by Gasteiger charge is 2.47. The second kappa shape index (κ2) is 8.75. The molecule has 0 radical (unpaired) electrons. The van der Waals surface area contributed by atoms with Crippen LogP contribution in [-0.2, 0) is 20.6 Å². The number of anilines is 2. The van der Waals surface area contributed by atoms with Gasteiger partial charge in [0.05, 0.1) is 23.5 Å². The van der Waals surface area contributed by atoms with E-state index in [1.54, 1.807) is 28.0 Å². The Morgan fingerprint density at radius 1 is 1.09 bits per heavy atom. The van der Waals surface area contributed by atoms with Crippen LogP contribution in [0.1, 0.15) is 24.5 Å². The number of halogens is 4. The molecule has 3 fully saturated rings. The average Bonchev–Trinajstić information content (AvgIpc) is 2.73. The summed E-state index contributed by atoms with van der Waals surface area (Å²) in [6.07, 6.45) is -4.15. The monoisotopic (exact) mass is 499 g/mol. The average molecular weight is 500 g/mol. The molecule has 0 saturated carbocycles. The van der Waals surface area contributed by atoms with E-state index in [1.807, 2.05) is 0 Å². The van der Waals surface area contributed by atoms with Gasteiger partial charge >= 0.3 is 6.18 Å². The molecule has 3 saturated heterocycles. The highest BCUT2D eigenvalue weighted by atomic mass is 32.2. The van der Waals surface area contributed by atoms with Crippen molar-refractivity contribution in [2.24, 2.45) is 0 Å². The maximum atomic E-state index is 15.5. The largest absolute Gasteiger partial charge is 0.407 e. The summed E-state index contributed by atoms with van der Waals surface area (Å²) in [4.78, 5) is 15.2. The summed E-state index contributed by atoms with van der Waals surface area (Å²) in [6, 6.07) is 10.4. The van der Waals surface area contributed by atoms with Gasteiger partial charge in [0, 0.05) is 20.0 Å². The SMILES string of the molecule is CC(=O)N1[C@@H]2C[C@H]1CN(c1ccc(C)c(F)c1N(CC(F)(F)F)S(=O)(=O)Cc1ccccc1)C2. The third-order valence-electron chi connectivity index (χ3n) is 6.29. The van der Waals surface area contributed by atoms with Gasteiger partial charge in [-0.15, -0.1) is 0 Å². The molecular formula is C23H25F4N3O3S. The minimum absolute atomic E-state index is 0.0355. The molecular weight excluding hydrogens is 474 g/mol. The zero-order valence-electron chi connectivity index (χ0n) is 18.7. The molecule has 184 valence electrons. The zero-order valence-corrected chi connectivity index (χ0v) is 19.5. The Balaban J connectivity index is 1.77. The Labute approximate surface area is 195 Å². The van der Waals surface area contributed by atoms with E-state index in [0.717, 1.165) is 6.42 Å². The van der Waals surface area contributed by atoms with Gasteiger partial charge in [-0.2, -0.15) is 13.2 Å². The number of alkyl halides is 3. The Bertz CT molecular complexity index is 1180. The number of carbonyl (C=O) groups excluding carboxylic acids is 1. The van der Waals surface area contributed by atoms with Gasteiger partial charge in [-0.3, -0.25) is 9.10 Å². The van der Waals surface area contributed by atoms with Crippen LogP contribution in [0.25, 0.3) is 0 Å². The molecule has 2 aromatic carbocycles. The first kappa shape index (κ1) is 24.3. The molecule has 0 spiro atoms. The van der Waals surface area contributed by atoms with Crippen LogP contribution in [-0.4, -0.2) is 57.1 Å². The minimum Gasteiger partial charge on any atom is -0.366 e. The zero-order chi connectivity index (χ0) is 24.8. The number of aryl methyl sites for hydroxylation is 1. The number of benzene rings is 2. The molecule has 0 unspecified atom stereocenters. The molecule has 3 aliphatic heterocycles. The van der Waals surface area contributed by atoms with Gasteiger partial charge in [0.1, 0.15) is 12.2 Å². The smallest absolute Gasteiger partial charge is 0.366 e. The third-order valence-corrected chi connectivity index (χ3v) is 7.97. The van der Waals surface area contributed by atoms with Crippen molar-refractivity contribution in [1.82, 2.24) is 4.90 Å². The highest BCUT2D eigenvalue weighted by Crippen LogP contribution is 2.42. The molecule has 0 aliphatic carbocycles. The fourth-order valence-corrected chi connectivity index (χ4v) is 6.37. The van der Waals surface area contributed by atoms with Crippen molar-refractivity contribution < 1.29 is 30.8 Å². The lowest BCUT2D eigenvalue weighted by Crippen LogP contribution is -2.70. The molecule has 1 amide bonds. The van der Waals surface area contributed by atoms with Crippen molar-refractivity contribution in [2.45, 2.75) is 44.3 Å². The van der Waals surface area contributed by atoms with Gasteiger partial charge in [-0.1, -0.05) is 36.4 Å². The van der Waals surface area contributed by atoms with Crippen molar-refractivity contribution >= 4 is 27.3 Å². The van der Waals surface area contributed by atoms with E-state index in [1.165, 1.54) is 38.1 Å². The van der Waals surface area contributed by atoms with Crippen molar-refractivity contribution in [2.75, 3.05) is 28.8 Å². The van der Waals surface area contributed by atoms with Gasteiger partial charge in [-0.25, -0.2) is 12.8 Å². The second-order valence-electron chi connectivity index (χ2n) is 8.80. The number of carbonyl (C=O) groups is 1. The van der Waals surface area contributed by atoms with E-state index in [2.05, 4.69) is 0 Å². The number of sulfonamides is 1. The maximum Gasteiger partial charge on any atom is 0.407 e. The summed E-state index contributed by atoms with van der Waals surface area (Å²) < 4.78 is 82.9. The molecule has 34 heavy (non-hydrogen) atoms. The Morgan fingerprint density at radius 3 is 2.26 bits per heavy atom. The summed E-state index contributed by atoms with van der Waals surface area (Å²) in [5, 5.41) is 0. The van der Waals surface area contributed by atoms with Crippen LogP contribution in [0, 0.1) is 12.7 Å². The summed E-state index contributed by atoms with van der Waals surface area (Å²) >= 11 is 0. The van der Waals surface area contributed by atoms with E-state index in [4.69, 9.17) is 0 Å². The number of rotatable bonds is 6. The number of piperazine rings is 1. The van der Waals surface area contributed by atoms with Crippen LogP contribution in [0.3, 0.4) is 0 Å². The topological polar surface area (TPSA) is 60.9 Å². The molecule has 5 rings (SSSR count). The summed E-state index contributed by atoms with van der Waals surface area (Å²) in [7, 11) is -4.61. The van der Waals surface area contributed by atoms with E-state index in [9.17, 15) is 26.4 Å². The Hall–Kier alpha value is -2.82. The summed E-state index contributed by atoms with van der Waals surface area (Å²) in [5.74, 6) is -1.82. The van der Waals surface area contributed by atoms with Crippen LogP contribution in [0.5, 0.6) is 0 Å². The Kier molecular flexibility index (Phi) is 6.26. The number of amides is 1. The van der Waals surface area contributed by atoms with Gasteiger partial charge in [0.2, 0.25) is 15.9 Å². The lowest BCUT2D eigenvalue weighted by atomic mass is 9.87. The van der Waals surface area contributed by atoms with Gasteiger partial charge in [0.25, 0.3) is 0 Å². The van der Waals surface area contributed by atoms with Gasteiger partial charge in [-0.05, 0) is 30.5 Å². The lowest BCUT2D eigenvalue weighted by Gasteiger charge is -2.57. The Morgan fingerprint density at radius 2 is 1.71 bits per heavy atom. The van der Waals surface area contributed by atoms with E-state index in [0.29, 0.717) is 5.56 Å². The van der Waals surface area contributed by atoms with Crippen molar-refractivity contribution in [3.8, 4) is 0 Å². The standard InChI is InChI=1S/C23H25F4N3O3S/c1-15-8-9-20(28-11-18-10-19(12-28)30(18)16(2)31)22(21(15)24)29(14-23(25,26)27)34(32,33)13-17-6-4-3-5-7-17/h3-9,18-19H,10-14H2,1-2H3/t18-,19+. The van der Waals surface area contributed by atoms with E-state index in [-0.39, 0.29) is 46.6 Å². The fourth-order valence-electron chi connectivity index (χ4n) is 4.81. The van der Waals surface area contributed by atoms with Crippen molar-refractivity contribution in [1.29, 1.82) is 0 Å². The highest BCUT2D eigenvalue weighted by molar-refractivity contribution is 7.92. The molecule has 6 nitrogen and oxygen atoms in total. The van der Waals surface area contributed by atoms with Crippen LogP contribution >= 0.6 is 0 Å². The van der Waals surface area contributed by atoms with E-state index >= 15 is 4.39 Å². The normalized spacial score (nSPS) is 20.2. The van der Waals surface area contributed by atoms with E-state index < -0.39 is 40.0 Å². The lowest BCUT2D eigenvalue weighted by molar-refractivity contribution is -0.143.